The Bertz CT molecular complexity index is 1320. The number of nitro groups is 1. The third kappa shape index (κ3) is 5.13. The van der Waals surface area contributed by atoms with Crippen molar-refractivity contribution in [2.45, 2.75) is 16.7 Å². The molecule has 3 aromatic rings. The van der Waals surface area contributed by atoms with Crippen molar-refractivity contribution in [3.8, 4) is 0 Å². The summed E-state index contributed by atoms with van der Waals surface area (Å²) < 4.78 is 66.1. The first-order valence-electron chi connectivity index (χ1n) is 7.90. The van der Waals surface area contributed by atoms with Gasteiger partial charge in [0.05, 0.1) is 14.7 Å². The molecule has 30 heavy (non-hydrogen) atoms. The first-order valence-corrected chi connectivity index (χ1v) is 10.7. The first-order chi connectivity index (χ1) is 13.9. The summed E-state index contributed by atoms with van der Waals surface area (Å²) >= 11 is 0. The molecule has 3 aromatic carbocycles. The number of nitrogens with zero attached hydrogens (tertiary/aromatic N) is 3. The standard InChI is InChI=1S/C10H8O6S2.C7H6N3O2/c11-17(12,13)9-5-1-3-7-8(9)4-2-6-10(7)18(14,15)16;1-5-2-3-6(10(11)12)4-7(5)9-8/h1-6H,(H,11,12,13)(H,14,15,16);2-4H,1H3/q;+1/p-2. The second kappa shape index (κ2) is 8.51. The number of fused-ring (bicyclic) bond motifs is 1. The van der Waals surface area contributed by atoms with Crippen LogP contribution >= 0.6 is 0 Å². The molecule has 0 heterocycles. The average molecular weight is 450 g/mol. The lowest BCUT2D eigenvalue weighted by Crippen LogP contribution is -2.03. The zero-order chi connectivity index (χ0) is 22.7. The highest BCUT2D eigenvalue weighted by Gasteiger charge is 2.16. The van der Waals surface area contributed by atoms with Crippen molar-refractivity contribution in [1.82, 2.24) is 0 Å². The first kappa shape index (κ1) is 22.8. The van der Waals surface area contributed by atoms with Gasteiger partial charge in [-0.25, -0.2) is 16.8 Å². The summed E-state index contributed by atoms with van der Waals surface area (Å²) in [6, 6.07) is 11.2. The van der Waals surface area contributed by atoms with Crippen LogP contribution in [0, 0.1) is 22.4 Å². The van der Waals surface area contributed by atoms with Gasteiger partial charge in [0.25, 0.3) is 5.69 Å². The predicted octanol–water partition coefficient (Wildman–Crippen LogP) is 3.04. The second-order valence-corrected chi connectivity index (χ2v) is 8.54. The molecule has 0 aliphatic carbocycles. The van der Waals surface area contributed by atoms with E-state index in [-0.39, 0.29) is 22.1 Å². The van der Waals surface area contributed by atoms with E-state index in [4.69, 9.17) is 5.39 Å². The molecule has 0 aliphatic rings. The lowest BCUT2D eigenvalue weighted by atomic mass is 10.1. The molecule has 0 unspecified atom stereocenters. The molecule has 0 amide bonds. The lowest BCUT2D eigenvalue weighted by molar-refractivity contribution is -0.384. The Morgan fingerprint density at radius 3 is 1.70 bits per heavy atom. The van der Waals surface area contributed by atoms with Gasteiger partial charge in [-0.2, -0.15) is 0 Å². The van der Waals surface area contributed by atoms with Crippen molar-refractivity contribution in [3.05, 3.63) is 75.3 Å². The van der Waals surface area contributed by atoms with E-state index in [1.54, 1.807) is 6.92 Å². The van der Waals surface area contributed by atoms with E-state index < -0.39 is 35.0 Å². The summed E-state index contributed by atoms with van der Waals surface area (Å²) in [4.78, 5) is 11.5. The van der Waals surface area contributed by atoms with Crippen LogP contribution in [0.25, 0.3) is 15.7 Å². The molecule has 156 valence electrons. The minimum atomic E-state index is -4.74. The van der Waals surface area contributed by atoms with Gasteiger partial charge in [0.1, 0.15) is 26.3 Å². The average Bonchev–Trinajstić information content (AvgIpc) is 2.66. The van der Waals surface area contributed by atoms with Crippen LogP contribution in [0.1, 0.15) is 5.56 Å². The summed E-state index contributed by atoms with van der Waals surface area (Å²) in [5.74, 6) is 0. The normalized spacial score (nSPS) is 11.3. The van der Waals surface area contributed by atoms with Gasteiger partial charge in [-0.15, -0.1) is 0 Å². The smallest absolute Gasteiger partial charge is 0.394 e. The van der Waals surface area contributed by atoms with Crippen molar-refractivity contribution in [3.63, 3.8) is 0 Å². The Hall–Kier alpha value is -3.44. The maximum atomic E-state index is 11.0. The van der Waals surface area contributed by atoms with E-state index in [1.165, 1.54) is 42.5 Å². The number of hydrogen-bond acceptors (Lipinski definition) is 9. The number of diazo groups is 1. The Balaban J connectivity index is 0.000000232. The Kier molecular flexibility index (Phi) is 6.48. The summed E-state index contributed by atoms with van der Waals surface area (Å²) in [7, 11) is -9.48. The van der Waals surface area contributed by atoms with E-state index in [1.807, 2.05) is 0 Å². The molecule has 0 aliphatic heterocycles. The van der Waals surface area contributed by atoms with Gasteiger partial charge in [-0.3, -0.25) is 10.1 Å². The maximum Gasteiger partial charge on any atom is 0.394 e. The van der Waals surface area contributed by atoms with Gasteiger partial charge in [0, 0.05) is 22.4 Å². The Morgan fingerprint density at radius 2 is 1.33 bits per heavy atom. The van der Waals surface area contributed by atoms with Crippen LogP contribution in [0.4, 0.5) is 11.4 Å². The fourth-order valence-corrected chi connectivity index (χ4v) is 3.89. The van der Waals surface area contributed by atoms with E-state index in [0.717, 1.165) is 12.1 Å². The molecule has 13 heteroatoms. The summed E-state index contributed by atoms with van der Waals surface area (Å²) in [5.41, 5.74) is 0.848. The van der Waals surface area contributed by atoms with Crippen LogP contribution in [0.3, 0.4) is 0 Å². The Morgan fingerprint density at radius 1 is 0.867 bits per heavy atom. The minimum Gasteiger partial charge on any atom is -0.744 e. The largest absolute Gasteiger partial charge is 0.744 e. The molecule has 0 saturated heterocycles. The van der Waals surface area contributed by atoms with Crippen molar-refractivity contribution < 1.29 is 30.9 Å². The number of non-ortho nitro benzene ring substituents is 1. The molecule has 0 radical (unpaired) electrons. The van der Waals surface area contributed by atoms with Crippen LogP contribution in [0.5, 0.6) is 0 Å². The SMILES string of the molecule is Cc1ccc([N+](=O)[O-])cc1[N+]#N.O=S(=O)([O-])c1cccc2c(S(=O)(=O)[O-])cccc12. The van der Waals surface area contributed by atoms with Gasteiger partial charge >= 0.3 is 5.69 Å². The minimum absolute atomic E-state index is 0.0756. The monoisotopic (exact) mass is 450 g/mol. The van der Waals surface area contributed by atoms with Crippen molar-refractivity contribution >= 4 is 42.4 Å². The quantitative estimate of drug-likeness (QED) is 0.250. The molecule has 0 atom stereocenters. The van der Waals surface area contributed by atoms with Crippen molar-refractivity contribution in [2.24, 2.45) is 0 Å². The van der Waals surface area contributed by atoms with E-state index >= 15 is 0 Å². The fourth-order valence-electron chi connectivity index (χ4n) is 2.51. The fraction of sp³-hybridized carbons (Fsp3) is 0.0588. The molecular formula is C17H12N3O8S2-. The highest BCUT2D eigenvalue weighted by Crippen LogP contribution is 2.28. The summed E-state index contributed by atoms with van der Waals surface area (Å²) in [6.45, 7) is 1.71. The van der Waals surface area contributed by atoms with Crippen LogP contribution in [0.2, 0.25) is 0 Å². The highest BCUT2D eigenvalue weighted by molar-refractivity contribution is 7.86. The zero-order valence-electron chi connectivity index (χ0n) is 15.1. The molecule has 3 rings (SSSR count). The molecular weight excluding hydrogens is 438 g/mol. The van der Waals surface area contributed by atoms with Crippen molar-refractivity contribution in [1.29, 1.82) is 5.39 Å². The molecule has 0 saturated carbocycles. The van der Waals surface area contributed by atoms with Crippen LogP contribution in [-0.2, 0) is 20.2 Å². The van der Waals surface area contributed by atoms with E-state index in [2.05, 4.69) is 4.98 Å². The molecule has 0 spiro atoms. The van der Waals surface area contributed by atoms with E-state index in [9.17, 15) is 36.1 Å². The van der Waals surface area contributed by atoms with Crippen LogP contribution in [0.15, 0.2) is 64.4 Å². The number of aryl methyl sites for hydroxylation is 1. The van der Waals surface area contributed by atoms with Crippen LogP contribution in [-0.4, -0.2) is 30.9 Å². The molecule has 0 bridgehead atoms. The van der Waals surface area contributed by atoms with Gasteiger partial charge < -0.3 is 9.11 Å². The third-order valence-corrected chi connectivity index (χ3v) is 5.68. The van der Waals surface area contributed by atoms with E-state index in [0.29, 0.717) is 5.56 Å². The molecule has 0 N–H and O–H groups in total. The van der Waals surface area contributed by atoms with Gasteiger partial charge in [0.15, 0.2) is 4.98 Å². The molecule has 11 nitrogen and oxygen atoms in total. The Labute approximate surface area is 170 Å². The topological polar surface area (TPSA) is 186 Å². The van der Waals surface area contributed by atoms with Gasteiger partial charge in [0.2, 0.25) is 5.39 Å². The van der Waals surface area contributed by atoms with Crippen LogP contribution < -0.4 is 0 Å². The maximum absolute atomic E-state index is 11.0. The number of nitro benzene ring substituents is 1. The molecule has 0 fully saturated rings. The lowest BCUT2D eigenvalue weighted by Gasteiger charge is -2.14. The molecule has 0 aromatic heterocycles. The summed E-state index contributed by atoms with van der Waals surface area (Å²) in [6.07, 6.45) is 0. The van der Waals surface area contributed by atoms with Crippen molar-refractivity contribution in [2.75, 3.05) is 0 Å². The number of rotatable bonds is 3. The third-order valence-electron chi connectivity index (χ3n) is 3.89. The van der Waals surface area contributed by atoms with Gasteiger partial charge in [-0.05, 0) is 25.1 Å². The second-order valence-electron chi connectivity index (χ2n) is 5.84. The number of benzene rings is 3. The summed E-state index contributed by atoms with van der Waals surface area (Å²) in [5, 5.41) is 18.5. The predicted molar refractivity (Wildman–Crippen MR) is 102 cm³/mol. The zero-order valence-corrected chi connectivity index (χ0v) is 16.8. The highest BCUT2D eigenvalue weighted by atomic mass is 32.2. The van der Waals surface area contributed by atoms with Gasteiger partial charge in [-0.1, -0.05) is 24.3 Å². The number of hydrogen-bond donors (Lipinski definition) is 0.